The van der Waals surface area contributed by atoms with Crippen LogP contribution in [0, 0.1) is 0 Å². The Morgan fingerprint density at radius 2 is 1.71 bits per heavy atom. The highest BCUT2D eigenvalue weighted by Gasteiger charge is 2.04. The summed E-state index contributed by atoms with van der Waals surface area (Å²) in [6.45, 7) is 0. The lowest BCUT2D eigenvalue weighted by molar-refractivity contribution is -0.146. The Bertz CT molecular complexity index is 340. The van der Waals surface area contributed by atoms with Crippen LogP contribution in [0.3, 0.4) is 0 Å². The first-order valence-electron chi connectivity index (χ1n) is 3.70. The Morgan fingerprint density at radius 3 is 2.21 bits per heavy atom. The summed E-state index contributed by atoms with van der Waals surface area (Å²) >= 11 is 0. The lowest BCUT2D eigenvalue weighted by Crippen LogP contribution is -2.08. The summed E-state index contributed by atoms with van der Waals surface area (Å²) in [4.78, 5) is 20.7. The number of hydrogen-bond donors (Lipinski definition) is 1. The third-order valence-corrected chi connectivity index (χ3v) is 1.44. The van der Waals surface area contributed by atoms with Crippen molar-refractivity contribution >= 4 is 17.8 Å². The quantitative estimate of drug-likeness (QED) is 0.562. The summed E-state index contributed by atoms with van der Waals surface area (Å²) in [5.41, 5.74) is 0.803. The van der Waals surface area contributed by atoms with Gasteiger partial charge in [0.05, 0.1) is 0 Å². The number of carbonyl (C=O) groups is 2. The molecule has 1 rings (SSSR count). The number of carboxylic acid groups (broad SMARTS) is 1. The van der Waals surface area contributed by atoms with Crippen LogP contribution in [0.2, 0.25) is 0 Å². The molecule has 0 saturated carbocycles. The van der Waals surface area contributed by atoms with Gasteiger partial charge in [-0.2, -0.15) is 0 Å². The number of aliphatic carboxylic acids is 1. The Balaban J connectivity index is 0.00000169. The Morgan fingerprint density at radius 1 is 1.14 bits per heavy atom. The minimum atomic E-state index is -1.44. The van der Waals surface area contributed by atoms with E-state index < -0.39 is 11.8 Å². The number of carboxylic acids is 1. The standard InChI is InChI=1S/C10H8O3.H2O/c11-9(10(12)13)7-6-8-4-2-1-3-5-8;/h1-7H,(H,12,13);1H2/b7-6+;. The molecule has 0 fully saturated rings. The van der Waals surface area contributed by atoms with Crippen LogP contribution in [0.5, 0.6) is 0 Å². The fourth-order valence-electron chi connectivity index (χ4n) is 0.807. The van der Waals surface area contributed by atoms with Gasteiger partial charge in [0.1, 0.15) is 0 Å². The zero-order valence-electron chi connectivity index (χ0n) is 7.31. The normalized spacial score (nSPS) is 9.43. The van der Waals surface area contributed by atoms with Gasteiger partial charge >= 0.3 is 5.97 Å². The van der Waals surface area contributed by atoms with Gasteiger partial charge in [0.25, 0.3) is 5.78 Å². The van der Waals surface area contributed by atoms with Gasteiger partial charge in [0.2, 0.25) is 0 Å². The topological polar surface area (TPSA) is 85.9 Å². The number of hydrogen-bond acceptors (Lipinski definition) is 2. The number of ketones is 1. The van der Waals surface area contributed by atoms with E-state index in [1.54, 1.807) is 12.1 Å². The maximum Gasteiger partial charge on any atom is 0.376 e. The van der Waals surface area contributed by atoms with E-state index in [-0.39, 0.29) is 5.48 Å². The van der Waals surface area contributed by atoms with Crippen molar-refractivity contribution in [3.05, 3.63) is 42.0 Å². The molecule has 3 N–H and O–H groups in total. The smallest absolute Gasteiger partial charge is 0.376 e. The van der Waals surface area contributed by atoms with Crippen LogP contribution < -0.4 is 0 Å². The predicted molar refractivity (Wildman–Crippen MR) is 51.7 cm³/mol. The summed E-state index contributed by atoms with van der Waals surface area (Å²) in [7, 11) is 0. The largest absolute Gasteiger partial charge is 0.475 e. The average Bonchev–Trinajstić information content (AvgIpc) is 2.15. The van der Waals surface area contributed by atoms with Crippen molar-refractivity contribution < 1.29 is 20.2 Å². The number of rotatable bonds is 3. The van der Waals surface area contributed by atoms with Gasteiger partial charge in [-0.1, -0.05) is 36.4 Å². The average molecular weight is 194 g/mol. The van der Waals surface area contributed by atoms with Crippen molar-refractivity contribution in [1.29, 1.82) is 0 Å². The van der Waals surface area contributed by atoms with E-state index in [1.165, 1.54) is 6.08 Å². The molecule has 0 aliphatic heterocycles. The minimum Gasteiger partial charge on any atom is -0.475 e. The Labute approximate surface area is 80.8 Å². The number of benzene rings is 1. The fourth-order valence-corrected chi connectivity index (χ4v) is 0.807. The van der Waals surface area contributed by atoms with E-state index >= 15 is 0 Å². The van der Waals surface area contributed by atoms with Crippen molar-refractivity contribution in [3.63, 3.8) is 0 Å². The van der Waals surface area contributed by atoms with E-state index in [1.807, 2.05) is 18.2 Å². The second-order valence-electron chi connectivity index (χ2n) is 2.41. The maximum absolute atomic E-state index is 10.6. The van der Waals surface area contributed by atoms with Gasteiger partial charge in [-0.15, -0.1) is 0 Å². The predicted octanol–water partition coefficient (Wildman–Crippen LogP) is 0.529. The van der Waals surface area contributed by atoms with Gasteiger partial charge in [-0.05, 0) is 11.6 Å². The molecular formula is C10H10O4. The fraction of sp³-hybridized carbons (Fsp3) is 0. The molecule has 0 aliphatic rings. The maximum atomic E-state index is 10.6. The highest BCUT2D eigenvalue weighted by molar-refractivity contribution is 6.38. The van der Waals surface area contributed by atoms with E-state index in [9.17, 15) is 9.59 Å². The molecule has 0 radical (unpaired) electrons. The third kappa shape index (κ3) is 3.64. The molecule has 1 aromatic rings. The molecule has 0 heterocycles. The summed E-state index contributed by atoms with van der Waals surface area (Å²) < 4.78 is 0. The molecular weight excluding hydrogens is 184 g/mol. The van der Waals surface area contributed by atoms with E-state index in [4.69, 9.17) is 5.11 Å². The van der Waals surface area contributed by atoms with Crippen molar-refractivity contribution in [2.75, 3.05) is 0 Å². The van der Waals surface area contributed by atoms with Crippen LogP contribution in [-0.2, 0) is 9.59 Å². The molecule has 0 aromatic heterocycles. The first kappa shape index (κ1) is 12.1. The molecule has 14 heavy (non-hydrogen) atoms. The highest BCUT2D eigenvalue weighted by atomic mass is 16.4. The van der Waals surface area contributed by atoms with E-state index in [0.717, 1.165) is 11.6 Å². The minimum absolute atomic E-state index is 0. The summed E-state index contributed by atoms with van der Waals surface area (Å²) in [5, 5.41) is 8.26. The van der Waals surface area contributed by atoms with Crippen molar-refractivity contribution in [2.24, 2.45) is 0 Å². The molecule has 1 aromatic carbocycles. The lowest BCUT2D eigenvalue weighted by atomic mass is 10.2. The third-order valence-electron chi connectivity index (χ3n) is 1.44. The van der Waals surface area contributed by atoms with Gasteiger partial charge in [0.15, 0.2) is 0 Å². The van der Waals surface area contributed by atoms with Crippen LogP contribution in [0.25, 0.3) is 6.08 Å². The van der Waals surface area contributed by atoms with Gasteiger partial charge < -0.3 is 10.6 Å². The first-order valence-corrected chi connectivity index (χ1v) is 3.70. The molecule has 0 unspecified atom stereocenters. The van der Waals surface area contributed by atoms with Crippen molar-refractivity contribution in [2.45, 2.75) is 0 Å². The zero-order valence-corrected chi connectivity index (χ0v) is 7.31. The molecule has 74 valence electrons. The molecule has 0 atom stereocenters. The second-order valence-corrected chi connectivity index (χ2v) is 2.41. The zero-order chi connectivity index (χ0) is 9.68. The van der Waals surface area contributed by atoms with Crippen LogP contribution in [0.4, 0.5) is 0 Å². The molecule has 0 amide bonds. The first-order chi connectivity index (χ1) is 6.20. The molecule has 0 spiro atoms. The molecule has 4 nitrogen and oxygen atoms in total. The van der Waals surface area contributed by atoms with Crippen molar-refractivity contribution in [3.8, 4) is 0 Å². The summed E-state index contributed by atoms with van der Waals surface area (Å²) in [5.74, 6) is -2.35. The van der Waals surface area contributed by atoms with Gasteiger partial charge in [0, 0.05) is 0 Å². The van der Waals surface area contributed by atoms with Crippen LogP contribution in [-0.4, -0.2) is 22.3 Å². The van der Waals surface area contributed by atoms with Gasteiger partial charge in [-0.25, -0.2) is 4.79 Å². The van der Waals surface area contributed by atoms with Crippen LogP contribution >= 0.6 is 0 Å². The number of carbonyl (C=O) groups excluding carboxylic acids is 1. The van der Waals surface area contributed by atoms with Crippen LogP contribution in [0.1, 0.15) is 5.56 Å². The monoisotopic (exact) mass is 194 g/mol. The highest BCUT2D eigenvalue weighted by Crippen LogP contribution is 2.00. The molecule has 4 heteroatoms. The molecule has 0 saturated heterocycles. The van der Waals surface area contributed by atoms with Crippen LogP contribution in [0.15, 0.2) is 36.4 Å². The van der Waals surface area contributed by atoms with E-state index in [2.05, 4.69) is 0 Å². The van der Waals surface area contributed by atoms with Crippen molar-refractivity contribution in [1.82, 2.24) is 0 Å². The summed E-state index contributed by atoms with van der Waals surface area (Å²) in [6.07, 6.45) is 2.51. The molecule has 0 bridgehead atoms. The van der Waals surface area contributed by atoms with E-state index in [0.29, 0.717) is 0 Å². The Hall–Kier alpha value is -1.94. The molecule has 0 aliphatic carbocycles. The van der Waals surface area contributed by atoms with Gasteiger partial charge in [-0.3, -0.25) is 4.79 Å². The SMILES string of the molecule is O.O=C(O)C(=O)/C=C/c1ccccc1. The Kier molecular flexibility index (Phi) is 4.88. The second kappa shape index (κ2) is 5.66. The lowest BCUT2D eigenvalue weighted by Gasteiger charge is -1.89. The summed E-state index contributed by atoms with van der Waals surface area (Å²) in [6, 6.07) is 9.03.